The molecule has 10 nitrogen and oxygen atoms in total. The summed E-state index contributed by atoms with van der Waals surface area (Å²) in [5.41, 5.74) is 2.32. The zero-order valence-electron chi connectivity index (χ0n) is 20.0. The molecule has 0 radical (unpaired) electrons. The molecule has 0 spiro atoms. The summed E-state index contributed by atoms with van der Waals surface area (Å²) in [7, 11) is 0. The van der Waals surface area contributed by atoms with Gasteiger partial charge in [0.2, 0.25) is 11.8 Å². The fourth-order valence-corrected chi connectivity index (χ4v) is 5.00. The summed E-state index contributed by atoms with van der Waals surface area (Å²) in [6, 6.07) is 9.39. The lowest BCUT2D eigenvalue weighted by atomic mass is 10.0. The summed E-state index contributed by atoms with van der Waals surface area (Å²) in [6.07, 6.45) is 7.02. The van der Waals surface area contributed by atoms with Crippen LogP contribution in [0.2, 0.25) is 5.02 Å². The van der Waals surface area contributed by atoms with Crippen molar-refractivity contribution in [3.8, 4) is 0 Å². The van der Waals surface area contributed by atoms with Gasteiger partial charge in [0.15, 0.2) is 5.65 Å². The van der Waals surface area contributed by atoms with E-state index in [0.717, 1.165) is 50.3 Å². The monoisotopic (exact) mass is 519 g/mol. The number of likely N-dealkylation sites (tertiary alicyclic amines) is 1. The minimum absolute atomic E-state index is 0.0277. The number of amides is 3. The highest BCUT2D eigenvalue weighted by molar-refractivity contribution is 6.30. The van der Waals surface area contributed by atoms with Crippen molar-refractivity contribution in [2.75, 3.05) is 23.7 Å². The van der Waals surface area contributed by atoms with Gasteiger partial charge < -0.3 is 15.5 Å². The lowest BCUT2D eigenvalue weighted by molar-refractivity contribution is -0.133. The molecule has 0 atom stereocenters. The lowest BCUT2D eigenvalue weighted by Crippen LogP contribution is -2.43. The van der Waals surface area contributed by atoms with E-state index < -0.39 is 5.91 Å². The number of carbonyl (C=O) groups excluding carboxylic acids is 3. The van der Waals surface area contributed by atoms with Crippen molar-refractivity contribution < 1.29 is 14.4 Å². The van der Waals surface area contributed by atoms with Crippen LogP contribution in [0.5, 0.6) is 0 Å². The van der Waals surface area contributed by atoms with Gasteiger partial charge in [-0.3, -0.25) is 19.7 Å². The Morgan fingerprint density at radius 3 is 2.65 bits per heavy atom. The normalized spacial score (nSPS) is 19.5. The lowest BCUT2D eigenvalue weighted by Gasteiger charge is -2.33. The van der Waals surface area contributed by atoms with Crippen molar-refractivity contribution in [2.24, 2.45) is 5.92 Å². The molecular formula is C26H26ClN7O3. The van der Waals surface area contributed by atoms with Crippen LogP contribution in [0.1, 0.15) is 37.7 Å². The van der Waals surface area contributed by atoms with Gasteiger partial charge >= 0.3 is 0 Å². The standard InChI is InChI=1S/C26H26ClN7O3/c27-18-2-1-3-20(12-18)29-21-13-22(30-19-6-8-33(9-7-19)26(37)15-4-5-15)34-24(31-21)17(14-28-34)10-16-11-23(35)32-25(16)36/h1-3,10,12-15,19,30H,4-9,11H2,(H,29,31)(H,32,35,36)/b16-10+. The number of rotatable bonds is 6. The van der Waals surface area contributed by atoms with Crippen molar-refractivity contribution in [2.45, 2.75) is 38.1 Å². The Balaban J connectivity index is 1.30. The van der Waals surface area contributed by atoms with Crippen LogP contribution in [0.4, 0.5) is 17.3 Å². The maximum atomic E-state index is 12.4. The Morgan fingerprint density at radius 2 is 1.95 bits per heavy atom. The SMILES string of the molecule is O=C1C/C(=C\c2cnn3c(NC4CCN(C(=O)C5CC5)CC4)cc(Nc4cccc(Cl)c4)nc23)C(=O)N1. The van der Waals surface area contributed by atoms with E-state index in [2.05, 4.69) is 21.0 Å². The highest BCUT2D eigenvalue weighted by Gasteiger charge is 2.35. The Labute approximate surface area is 218 Å². The minimum atomic E-state index is -0.400. The van der Waals surface area contributed by atoms with E-state index in [1.54, 1.807) is 28.9 Å². The van der Waals surface area contributed by atoms with Crippen LogP contribution in [-0.4, -0.2) is 56.4 Å². The molecule has 37 heavy (non-hydrogen) atoms. The third kappa shape index (κ3) is 5.01. The highest BCUT2D eigenvalue weighted by Crippen LogP contribution is 2.32. The molecule has 3 aromatic rings. The summed E-state index contributed by atoms with van der Waals surface area (Å²) in [5, 5.41) is 14.3. The van der Waals surface area contributed by atoms with Crippen LogP contribution in [-0.2, 0) is 14.4 Å². The van der Waals surface area contributed by atoms with Gasteiger partial charge in [0.25, 0.3) is 5.91 Å². The average Bonchev–Trinajstić information content (AvgIpc) is 3.57. The zero-order valence-corrected chi connectivity index (χ0v) is 20.8. The summed E-state index contributed by atoms with van der Waals surface area (Å²) >= 11 is 6.16. The smallest absolute Gasteiger partial charge is 0.254 e. The Bertz CT molecular complexity index is 1440. The fourth-order valence-electron chi connectivity index (χ4n) is 4.81. The largest absolute Gasteiger partial charge is 0.367 e. The Kier molecular flexibility index (Phi) is 6.03. The minimum Gasteiger partial charge on any atom is -0.367 e. The Morgan fingerprint density at radius 1 is 1.14 bits per heavy atom. The molecule has 3 N–H and O–H groups in total. The van der Waals surface area contributed by atoms with Gasteiger partial charge in [-0.05, 0) is 50.0 Å². The number of fused-ring (bicyclic) bond motifs is 1. The number of imide groups is 1. The van der Waals surface area contributed by atoms with Gasteiger partial charge in [-0.1, -0.05) is 17.7 Å². The van der Waals surface area contributed by atoms with Crippen LogP contribution in [0.15, 0.2) is 42.1 Å². The summed E-state index contributed by atoms with van der Waals surface area (Å²) in [4.78, 5) is 43.0. The number of nitrogens with zero attached hydrogens (tertiary/aromatic N) is 4. The number of anilines is 3. The number of halogens is 1. The predicted molar refractivity (Wildman–Crippen MR) is 139 cm³/mol. The third-order valence-corrected chi connectivity index (χ3v) is 7.14. The number of hydrogen-bond donors (Lipinski definition) is 3. The molecule has 6 rings (SSSR count). The van der Waals surface area contributed by atoms with Crippen molar-refractivity contribution in [3.63, 3.8) is 0 Å². The van der Waals surface area contributed by atoms with E-state index in [9.17, 15) is 14.4 Å². The first-order valence-electron chi connectivity index (χ1n) is 12.4. The molecule has 1 saturated carbocycles. The van der Waals surface area contributed by atoms with Crippen LogP contribution >= 0.6 is 11.6 Å². The molecule has 2 aromatic heterocycles. The number of aromatic nitrogens is 3. The number of benzene rings is 1. The third-order valence-electron chi connectivity index (χ3n) is 6.91. The van der Waals surface area contributed by atoms with Crippen LogP contribution in [0, 0.1) is 5.92 Å². The quantitative estimate of drug-likeness (QED) is 0.337. The second-order valence-electron chi connectivity index (χ2n) is 9.74. The van der Waals surface area contributed by atoms with Crippen molar-refractivity contribution in [1.29, 1.82) is 0 Å². The molecular weight excluding hydrogens is 494 g/mol. The second-order valence-corrected chi connectivity index (χ2v) is 10.2. The van der Waals surface area contributed by atoms with Crippen molar-refractivity contribution in [3.05, 3.63) is 52.7 Å². The highest BCUT2D eigenvalue weighted by atomic mass is 35.5. The van der Waals surface area contributed by atoms with E-state index in [0.29, 0.717) is 27.6 Å². The molecule has 1 aromatic carbocycles. The van der Waals surface area contributed by atoms with Gasteiger partial charge in [-0.25, -0.2) is 4.98 Å². The topological polar surface area (TPSA) is 121 Å². The van der Waals surface area contributed by atoms with Crippen LogP contribution in [0.25, 0.3) is 11.7 Å². The molecule has 3 fully saturated rings. The van der Waals surface area contributed by atoms with E-state index in [4.69, 9.17) is 16.6 Å². The molecule has 2 saturated heterocycles. The van der Waals surface area contributed by atoms with Crippen LogP contribution < -0.4 is 16.0 Å². The van der Waals surface area contributed by atoms with Gasteiger partial charge in [-0.15, -0.1) is 0 Å². The summed E-state index contributed by atoms with van der Waals surface area (Å²) < 4.78 is 1.70. The van der Waals surface area contributed by atoms with Gasteiger partial charge in [-0.2, -0.15) is 9.61 Å². The molecule has 11 heteroatoms. The second kappa shape index (κ2) is 9.51. The van der Waals surface area contributed by atoms with Gasteiger partial charge in [0.1, 0.15) is 11.6 Å². The zero-order chi connectivity index (χ0) is 25.5. The summed E-state index contributed by atoms with van der Waals surface area (Å²) in [5.74, 6) is 1.11. The van der Waals surface area contributed by atoms with Crippen LogP contribution in [0.3, 0.4) is 0 Å². The molecule has 190 valence electrons. The molecule has 4 heterocycles. The molecule has 0 unspecified atom stereocenters. The molecule has 1 aliphatic carbocycles. The number of hydrogen-bond acceptors (Lipinski definition) is 7. The number of nitrogens with one attached hydrogen (secondary N) is 3. The molecule has 2 aliphatic heterocycles. The van der Waals surface area contributed by atoms with Crippen molar-refractivity contribution in [1.82, 2.24) is 24.8 Å². The molecule has 3 amide bonds. The average molecular weight is 520 g/mol. The first-order chi connectivity index (χ1) is 17.9. The Hall–Kier alpha value is -3.92. The number of carbonyl (C=O) groups is 3. The maximum Gasteiger partial charge on any atom is 0.254 e. The predicted octanol–water partition coefficient (Wildman–Crippen LogP) is 3.37. The number of piperidine rings is 1. The first kappa shape index (κ1) is 23.5. The van der Waals surface area contributed by atoms with E-state index in [1.165, 1.54) is 0 Å². The van der Waals surface area contributed by atoms with E-state index >= 15 is 0 Å². The molecule has 0 bridgehead atoms. The van der Waals surface area contributed by atoms with E-state index in [1.807, 2.05) is 23.1 Å². The first-order valence-corrected chi connectivity index (χ1v) is 12.8. The van der Waals surface area contributed by atoms with E-state index in [-0.39, 0.29) is 30.2 Å². The van der Waals surface area contributed by atoms with Gasteiger partial charge in [0.05, 0.1) is 12.6 Å². The fraction of sp³-hybridized carbons (Fsp3) is 0.346. The summed E-state index contributed by atoms with van der Waals surface area (Å²) in [6.45, 7) is 1.46. The maximum absolute atomic E-state index is 12.4. The molecule has 3 aliphatic rings. The van der Waals surface area contributed by atoms with Gasteiger partial charge in [0, 0.05) is 53.0 Å². The van der Waals surface area contributed by atoms with Crippen molar-refractivity contribution >= 4 is 58.4 Å².